The van der Waals surface area contributed by atoms with Crippen LogP contribution in [0.1, 0.15) is 12.5 Å². The Bertz CT molecular complexity index is 947. The number of amides is 1. The van der Waals surface area contributed by atoms with Crippen molar-refractivity contribution in [3.63, 3.8) is 0 Å². The van der Waals surface area contributed by atoms with Gasteiger partial charge in [-0.2, -0.15) is 0 Å². The first-order chi connectivity index (χ1) is 12.2. The topological polar surface area (TPSA) is 101 Å². The van der Waals surface area contributed by atoms with Crippen LogP contribution in [-0.4, -0.2) is 49.0 Å². The summed E-state index contributed by atoms with van der Waals surface area (Å²) < 4.78 is 25.5. The van der Waals surface area contributed by atoms with E-state index in [0.29, 0.717) is 11.1 Å². The monoisotopic (exact) mass is 374 g/mol. The molecule has 8 heteroatoms. The Hall–Kier alpha value is -2.74. The maximum atomic E-state index is 12.8. The highest BCUT2D eigenvalue weighted by atomic mass is 32.2. The summed E-state index contributed by atoms with van der Waals surface area (Å²) in [6.07, 6.45) is 3.94. The average molecular weight is 374 g/mol. The van der Waals surface area contributed by atoms with Crippen LogP contribution in [0, 0.1) is 5.92 Å². The fourth-order valence-electron chi connectivity index (χ4n) is 3.24. The summed E-state index contributed by atoms with van der Waals surface area (Å²) in [5, 5.41) is 2.48. The number of hydrogen-bond donors (Lipinski definition) is 1. The molecule has 0 aromatic heterocycles. The van der Waals surface area contributed by atoms with E-state index in [0.717, 1.165) is 10.6 Å². The highest BCUT2D eigenvalue weighted by molar-refractivity contribution is 7.88. The van der Waals surface area contributed by atoms with Gasteiger partial charge in [0.25, 0.3) is 0 Å². The van der Waals surface area contributed by atoms with Gasteiger partial charge in [-0.3, -0.25) is 18.7 Å². The van der Waals surface area contributed by atoms with Crippen LogP contribution in [0.4, 0.5) is 0 Å². The van der Waals surface area contributed by atoms with Gasteiger partial charge in [0, 0.05) is 25.2 Å². The molecule has 2 unspecified atom stereocenters. The molecule has 0 fully saturated rings. The van der Waals surface area contributed by atoms with E-state index in [-0.39, 0.29) is 18.0 Å². The van der Waals surface area contributed by atoms with E-state index in [9.17, 15) is 22.8 Å². The molecule has 1 amide bonds. The van der Waals surface area contributed by atoms with Gasteiger partial charge >= 0.3 is 0 Å². The van der Waals surface area contributed by atoms with E-state index in [1.54, 1.807) is 24.3 Å². The number of fused-ring (bicyclic) bond motifs is 1. The lowest BCUT2D eigenvalue weighted by molar-refractivity contribution is -0.136. The molecule has 1 N–H and O–H groups in total. The van der Waals surface area contributed by atoms with Crippen molar-refractivity contribution in [2.75, 3.05) is 12.8 Å². The van der Waals surface area contributed by atoms with E-state index >= 15 is 0 Å². The Labute approximate surface area is 151 Å². The zero-order valence-electron chi connectivity index (χ0n) is 14.3. The Balaban J connectivity index is 2.08. The lowest BCUT2D eigenvalue weighted by Gasteiger charge is -2.29. The molecule has 0 radical (unpaired) electrons. The number of benzene rings is 1. The second kappa shape index (κ2) is 6.53. The Morgan fingerprint density at radius 3 is 2.42 bits per heavy atom. The molecule has 1 aliphatic heterocycles. The molecule has 0 saturated carbocycles. The summed E-state index contributed by atoms with van der Waals surface area (Å²) in [7, 11) is -3.65. The first kappa shape index (κ1) is 18.1. The molecule has 26 heavy (non-hydrogen) atoms. The minimum absolute atomic E-state index is 0.0998. The molecule has 2 aliphatic rings. The molecule has 0 bridgehead atoms. The van der Waals surface area contributed by atoms with Crippen molar-refractivity contribution in [1.29, 1.82) is 0 Å². The highest BCUT2D eigenvalue weighted by Crippen LogP contribution is 2.41. The number of nitrogens with zero attached hydrogens (tertiary/aromatic N) is 1. The van der Waals surface area contributed by atoms with Gasteiger partial charge in [0.2, 0.25) is 27.5 Å². The number of Topliss-reactive ketones (excluding diaryl/α,β-unsaturated/α-hetero) is 2. The maximum Gasteiger partial charge on any atom is 0.232 e. The quantitative estimate of drug-likeness (QED) is 0.774. The molecule has 3 rings (SSSR count). The third kappa shape index (κ3) is 3.20. The van der Waals surface area contributed by atoms with Crippen molar-refractivity contribution in [2.45, 2.75) is 13.0 Å². The molecule has 1 aromatic rings. The number of carbonyl (C=O) groups is 3. The summed E-state index contributed by atoms with van der Waals surface area (Å²) in [5.74, 6) is -2.60. The zero-order valence-corrected chi connectivity index (χ0v) is 15.1. The summed E-state index contributed by atoms with van der Waals surface area (Å²) in [6, 6.07) is 8.09. The van der Waals surface area contributed by atoms with E-state index in [4.69, 9.17) is 0 Å². The molecule has 136 valence electrons. The van der Waals surface area contributed by atoms with Crippen LogP contribution in [0.15, 0.2) is 48.2 Å². The van der Waals surface area contributed by atoms with Crippen LogP contribution >= 0.6 is 0 Å². The number of carbonyl (C=O) groups excluding carboxylic acids is 3. The molecule has 0 spiro atoms. The van der Waals surface area contributed by atoms with Crippen molar-refractivity contribution in [3.05, 3.63) is 53.7 Å². The van der Waals surface area contributed by atoms with Gasteiger partial charge in [0.1, 0.15) is 0 Å². The molecule has 0 saturated heterocycles. The summed E-state index contributed by atoms with van der Waals surface area (Å²) >= 11 is 0. The Morgan fingerprint density at radius 2 is 1.85 bits per heavy atom. The number of rotatable bonds is 4. The molecule has 1 heterocycles. The molecule has 7 nitrogen and oxygen atoms in total. The first-order valence-corrected chi connectivity index (χ1v) is 9.84. The third-order valence-electron chi connectivity index (χ3n) is 4.42. The van der Waals surface area contributed by atoms with Gasteiger partial charge in [0.05, 0.1) is 18.2 Å². The molecular weight excluding hydrogens is 356 g/mol. The molecule has 2 atom stereocenters. The van der Waals surface area contributed by atoms with Gasteiger partial charge in [-0.25, -0.2) is 8.42 Å². The van der Waals surface area contributed by atoms with Crippen molar-refractivity contribution in [1.82, 2.24) is 9.62 Å². The predicted molar refractivity (Wildman–Crippen MR) is 95.2 cm³/mol. The van der Waals surface area contributed by atoms with E-state index < -0.39 is 33.5 Å². The van der Waals surface area contributed by atoms with Gasteiger partial charge in [-0.1, -0.05) is 36.4 Å². The first-order valence-electron chi connectivity index (χ1n) is 7.99. The minimum atomic E-state index is -3.65. The second-order valence-corrected chi connectivity index (χ2v) is 8.19. The standard InChI is InChI=1S/C18H18N2O5S/c1-11(21)19-9-13-8-15-16(18(23)17(13)22)14(10-20(15)26(2,24)25)12-6-4-3-5-7-12/h3-8,10,15-16H,9H2,1-2H3,(H,19,21). The summed E-state index contributed by atoms with van der Waals surface area (Å²) in [5.41, 5.74) is 1.28. The van der Waals surface area contributed by atoms with Crippen LogP contribution in [0.3, 0.4) is 0 Å². The van der Waals surface area contributed by atoms with Crippen molar-refractivity contribution < 1.29 is 22.8 Å². The molecule has 1 aromatic carbocycles. The lowest BCUT2D eigenvalue weighted by Crippen LogP contribution is -2.45. The van der Waals surface area contributed by atoms with Crippen LogP contribution in [0.2, 0.25) is 0 Å². The van der Waals surface area contributed by atoms with Crippen LogP contribution in [-0.2, 0) is 24.4 Å². The maximum absolute atomic E-state index is 12.8. The van der Waals surface area contributed by atoms with Crippen LogP contribution in [0.5, 0.6) is 0 Å². The summed E-state index contributed by atoms with van der Waals surface area (Å²) in [4.78, 5) is 36.3. The van der Waals surface area contributed by atoms with Crippen molar-refractivity contribution >= 4 is 33.1 Å². The fraction of sp³-hybridized carbons (Fsp3) is 0.278. The van der Waals surface area contributed by atoms with E-state index in [2.05, 4.69) is 5.32 Å². The fourth-order valence-corrected chi connectivity index (χ4v) is 4.17. The minimum Gasteiger partial charge on any atom is -0.352 e. The number of nitrogens with one attached hydrogen (secondary N) is 1. The van der Waals surface area contributed by atoms with Crippen LogP contribution in [0.25, 0.3) is 5.57 Å². The molecule has 1 aliphatic carbocycles. The molecular formula is C18H18N2O5S. The third-order valence-corrected chi connectivity index (χ3v) is 5.54. The van der Waals surface area contributed by atoms with Crippen LogP contribution < -0.4 is 5.32 Å². The van der Waals surface area contributed by atoms with Gasteiger partial charge in [-0.05, 0) is 11.1 Å². The SMILES string of the molecule is CC(=O)NCC1=CC2C(C(=O)C1=O)C(c1ccccc1)=CN2S(C)(=O)=O. The predicted octanol–water partition coefficient (Wildman–Crippen LogP) is 0.502. The zero-order chi connectivity index (χ0) is 19.1. The highest BCUT2D eigenvalue weighted by Gasteiger charge is 2.48. The van der Waals surface area contributed by atoms with Gasteiger partial charge in [0.15, 0.2) is 0 Å². The number of sulfonamides is 1. The lowest BCUT2D eigenvalue weighted by atomic mass is 9.79. The Kier molecular flexibility index (Phi) is 4.53. The number of ketones is 2. The largest absolute Gasteiger partial charge is 0.352 e. The van der Waals surface area contributed by atoms with E-state index in [1.165, 1.54) is 19.2 Å². The van der Waals surface area contributed by atoms with Gasteiger partial charge < -0.3 is 5.32 Å². The smallest absolute Gasteiger partial charge is 0.232 e. The van der Waals surface area contributed by atoms with E-state index in [1.807, 2.05) is 6.07 Å². The van der Waals surface area contributed by atoms with Crippen molar-refractivity contribution in [2.24, 2.45) is 5.92 Å². The second-order valence-electron chi connectivity index (χ2n) is 6.31. The summed E-state index contributed by atoms with van der Waals surface area (Å²) in [6.45, 7) is 1.19. The van der Waals surface area contributed by atoms with Gasteiger partial charge in [-0.15, -0.1) is 0 Å². The Morgan fingerprint density at radius 1 is 1.19 bits per heavy atom. The average Bonchev–Trinajstić information content (AvgIpc) is 2.97. The van der Waals surface area contributed by atoms with Crippen molar-refractivity contribution in [3.8, 4) is 0 Å². The number of hydrogen-bond acceptors (Lipinski definition) is 5. The normalized spacial score (nSPS) is 22.6.